The summed E-state index contributed by atoms with van der Waals surface area (Å²) in [7, 11) is 1.33. The lowest BCUT2D eigenvalue weighted by Crippen LogP contribution is -2.31. The van der Waals surface area contributed by atoms with Crippen LogP contribution >= 0.6 is 11.8 Å². The van der Waals surface area contributed by atoms with E-state index in [-0.39, 0.29) is 29.3 Å². The molecule has 7 heteroatoms. The quantitative estimate of drug-likeness (QED) is 0.691. The van der Waals surface area contributed by atoms with E-state index in [1.54, 1.807) is 4.90 Å². The Kier molecular flexibility index (Phi) is 5.27. The Morgan fingerprint density at radius 3 is 2.71 bits per heavy atom. The lowest BCUT2D eigenvalue weighted by molar-refractivity contribution is -0.145. The number of ether oxygens (including phenoxy) is 1. The van der Waals surface area contributed by atoms with Crippen LogP contribution in [0.25, 0.3) is 0 Å². The van der Waals surface area contributed by atoms with Crippen LogP contribution in [0.15, 0.2) is 0 Å². The summed E-state index contributed by atoms with van der Waals surface area (Å²) in [5.41, 5.74) is 0. The zero-order valence-electron chi connectivity index (χ0n) is 9.55. The molecular weight excluding hydrogens is 246 g/mol. The molecule has 17 heavy (non-hydrogen) atoms. The van der Waals surface area contributed by atoms with Crippen molar-refractivity contribution < 1.29 is 24.2 Å². The number of methoxy groups -OCH3 is 1. The van der Waals surface area contributed by atoms with Gasteiger partial charge in [-0.05, 0) is 6.42 Å². The second kappa shape index (κ2) is 6.48. The van der Waals surface area contributed by atoms with Gasteiger partial charge in [0.2, 0.25) is 5.91 Å². The topological polar surface area (TPSA) is 83.9 Å². The number of esters is 1. The molecule has 1 N–H and O–H groups in total. The molecule has 1 aliphatic heterocycles. The van der Waals surface area contributed by atoms with E-state index < -0.39 is 5.97 Å². The molecule has 0 aliphatic carbocycles. The molecule has 1 fully saturated rings. The number of thioether (sulfide) groups is 1. The zero-order chi connectivity index (χ0) is 12.8. The smallest absolute Gasteiger partial charge is 0.313 e. The first-order chi connectivity index (χ1) is 8.04. The fraction of sp³-hybridized carbons (Fsp3) is 0.700. The molecule has 6 nitrogen and oxygen atoms in total. The van der Waals surface area contributed by atoms with Gasteiger partial charge < -0.3 is 14.7 Å². The lowest BCUT2D eigenvalue weighted by Gasteiger charge is -2.15. The van der Waals surface area contributed by atoms with Crippen molar-refractivity contribution >= 4 is 29.6 Å². The number of hydrogen-bond acceptors (Lipinski definition) is 5. The van der Waals surface area contributed by atoms with E-state index in [1.165, 1.54) is 7.11 Å². The average molecular weight is 261 g/mol. The van der Waals surface area contributed by atoms with Crippen molar-refractivity contribution in [3.05, 3.63) is 0 Å². The summed E-state index contributed by atoms with van der Waals surface area (Å²) in [5.74, 6) is -1.54. The molecule has 1 saturated heterocycles. The zero-order valence-corrected chi connectivity index (χ0v) is 10.4. The molecule has 1 rings (SSSR count). The first-order valence-electron chi connectivity index (χ1n) is 5.19. The molecule has 0 spiro atoms. The second-order valence-corrected chi connectivity index (χ2v) is 4.72. The molecular formula is C10H15NO5S. The molecule has 0 aromatic rings. The van der Waals surface area contributed by atoms with Gasteiger partial charge in [0.15, 0.2) is 0 Å². The largest absolute Gasteiger partial charge is 0.481 e. The number of aliphatic carboxylic acids is 1. The van der Waals surface area contributed by atoms with Gasteiger partial charge in [0.05, 0.1) is 24.5 Å². The SMILES string of the molecule is COC(=O)C1CCN(C(=O)CSCC(=O)O)C1. The van der Waals surface area contributed by atoms with Gasteiger partial charge in [-0.15, -0.1) is 11.8 Å². The minimum absolute atomic E-state index is 0.0833. The van der Waals surface area contributed by atoms with Gasteiger partial charge in [0, 0.05) is 13.1 Å². The van der Waals surface area contributed by atoms with E-state index in [0.29, 0.717) is 19.5 Å². The van der Waals surface area contributed by atoms with Crippen LogP contribution in [0.4, 0.5) is 0 Å². The fourth-order valence-corrected chi connectivity index (χ4v) is 2.30. The Morgan fingerprint density at radius 1 is 1.41 bits per heavy atom. The number of hydrogen-bond donors (Lipinski definition) is 1. The molecule has 1 amide bonds. The van der Waals surface area contributed by atoms with Crippen LogP contribution in [0.5, 0.6) is 0 Å². The van der Waals surface area contributed by atoms with E-state index in [0.717, 1.165) is 11.8 Å². The number of carbonyl (C=O) groups excluding carboxylic acids is 2. The fourth-order valence-electron chi connectivity index (χ4n) is 1.66. The number of likely N-dealkylation sites (tertiary alicyclic amines) is 1. The van der Waals surface area contributed by atoms with Gasteiger partial charge in [-0.1, -0.05) is 0 Å². The Bertz CT molecular complexity index is 320. The molecule has 0 radical (unpaired) electrons. The van der Waals surface area contributed by atoms with Crippen LogP contribution < -0.4 is 0 Å². The molecule has 1 heterocycles. The Morgan fingerprint density at radius 2 is 2.12 bits per heavy atom. The van der Waals surface area contributed by atoms with Crippen LogP contribution in [-0.2, 0) is 19.1 Å². The third kappa shape index (κ3) is 4.26. The van der Waals surface area contributed by atoms with Gasteiger partial charge in [-0.2, -0.15) is 0 Å². The third-order valence-corrected chi connectivity index (χ3v) is 3.43. The number of carboxylic acids is 1. The molecule has 0 aromatic carbocycles. The van der Waals surface area contributed by atoms with E-state index in [1.807, 2.05) is 0 Å². The van der Waals surface area contributed by atoms with Crippen LogP contribution in [0.3, 0.4) is 0 Å². The van der Waals surface area contributed by atoms with Crippen LogP contribution in [0, 0.1) is 5.92 Å². The summed E-state index contributed by atoms with van der Waals surface area (Å²) < 4.78 is 4.61. The van der Waals surface area contributed by atoms with Crippen molar-refractivity contribution in [2.75, 3.05) is 31.7 Å². The predicted molar refractivity (Wildman–Crippen MR) is 61.7 cm³/mol. The van der Waals surface area contributed by atoms with Crippen molar-refractivity contribution in [3.63, 3.8) is 0 Å². The summed E-state index contributed by atoms with van der Waals surface area (Å²) in [6.45, 7) is 0.908. The minimum atomic E-state index is -0.934. The molecule has 1 atom stereocenters. The molecule has 1 aliphatic rings. The highest BCUT2D eigenvalue weighted by Gasteiger charge is 2.31. The molecule has 0 aromatic heterocycles. The monoisotopic (exact) mass is 261 g/mol. The van der Waals surface area contributed by atoms with Crippen LogP contribution in [-0.4, -0.2) is 59.6 Å². The lowest BCUT2D eigenvalue weighted by atomic mass is 10.1. The van der Waals surface area contributed by atoms with Gasteiger partial charge >= 0.3 is 11.9 Å². The maximum Gasteiger partial charge on any atom is 0.313 e. The number of carboxylic acid groups (broad SMARTS) is 1. The van der Waals surface area contributed by atoms with Gasteiger partial charge in [-0.3, -0.25) is 14.4 Å². The molecule has 0 bridgehead atoms. The van der Waals surface area contributed by atoms with Crippen molar-refractivity contribution in [1.82, 2.24) is 4.90 Å². The van der Waals surface area contributed by atoms with Gasteiger partial charge in [0.1, 0.15) is 0 Å². The van der Waals surface area contributed by atoms with Crippen molar-refractivity contribution in [3.8, 4) is 0 Å². The number of amides is 1. The molecule has 96 valence electrons. The van der Waals surface area contributed by atoms with Gasteiger partial charge in [0.25, 0.3) is 0 Å². The van der Waals surface area contributed by atoms with Crippen LogP contribution in [0.2, 0.25) is 0 Å². The third-order valence-electron chi connectivity index (χ3n) is 2.53. The van der Waals surface area contributed by atoms with Crippen LogP contribution in [0.1, 0.15) is 6.42 Å². The van der Waals surface area contributed by atoms with E-state index >= 15 is 0 Å². The maximum atomic E-state index is 11.6. The number of rotatable bonds is 5. The van der Waals surface area contributed by atoms with E-state index in [2.05, 4.69) is 4.74 Å². The van der Waals surface area contributed by atoms with Crippen molar-refractivity contribution in [2.24, 2.45) is 5.92 Å². The normalized spacial score (nSPS) is 19.1. The second-order valence-electron chi connectivity index (χ2n) is 3.74. The average Bonchev–Trinajstić information content (AvgIpc) is 2.76. The standard InChI is InChI=1S/C10H15NO5S/c1-16-10(15)7-2-3-11(4-7)8(12)5-17-6-9(13)14/h7H,2-6H2,1H3,(H,13,14). The number of nitrogens with zero attached hydrogens (tertiary/aromatic N) is 1. The summed E-state index contributed by atoms with van der Waals surface area (Å²) in [4.78, 5) is 34.7. The van der Waals surface area contributed by atoms with E-state index in [9.17, 15) is 14.4 Å². The summed E-state index contributed by atoms with van der Waals surface area (Å²) in [6.07, 6.45) is 0.613. The highest BCUT2D eigenvalue weighted by atomic mass is 32.2. The maximum absolute atomic E-state index is 11.6. The molecule has 1 unspecified atom stereocenters. The first kappa shape index (κ1) is 13.8. The highest BCUT2D eigenvalue weighted by molar-refractivity contribution is 8.00. The Labute approximate surface area is 103 Å². The summed E-state index contributed by atoms with van der Waals surface area (Å²) in [6, 6.07) is 0. The number of carbonyl (C=O) groups is 3. The predicted octanol–water partition coefficient (Wildman–Crippen LogP) is -0.174. The summed E-state index contributed by atoms with van der Waals surface area (Å²) >= 11 is 1.06. The Hall–Kier alpha value is -1.24. The van der Waals surface area contributed by atoms with Crippen molar-refractivity contribution in [1.29, 1.82) is 0 Å². The highest BCUT2D eigenvalue weighted by Crippen LogP contribution is 2.18. The minimum Gasteiger partial charge on any atom is -0.481 e. The first-order valence-corrected chi connectivity index (χ1v) is 6.35. The molecule has 0 saturated carbocycles. The van der Waals surface area contributed by atoms with Gasteiger partial charge in [-0.25, -0.2) is 0 Å². The van der Waals surface area contributed by atoms with Crippen molar-refractivity contribution in [2.45, 2.75) is 6.42 Å². The summed E-state index contributed by atoms with van der Waals surface area (Å²) in [5, 5.41) is 8.43. The van der Waals surface area contributed by atoms with E-state index in [4.69, 9.17) is 5.11 Å². The Balaban J connectivity index is 2.30.